The average molecular weight is 394 g/mol. The van der Waals surface area contributed by atoms with Crippen molar-refractivity contribution in [1.29, 1.82) is 0 Å². The van der Waals surface area contributed by atoms with Crippen molar-refractivity contribution in [3.05, 3.63) is 47.9 Å². The van der Waals surface area contributed by atoms with Crippen LogP contribution in [0.15, 0.2) is 36.7 Å². The Labute approximate surface area is 169 Å². The molecule has 0 aliphatic carbocycles. The van der Waals surface area contributed by atoms with Gasteiger partial charge in [0.05, 0.1) is 25.3 Å². The van der Waals surface area contributed by atoms with Crippen molar-refractivity contribution in [3.63, 3.8) is 0 Å². The predicted molar refractivity (Wildman–Crippen MR) is 110 cm³/mol. The summed E-state index contributed by atoms with van der Waals surface area (Å²) < 4.78 is 7.28. The molecule has 1 aliphatic heterocycles. The quantitative estimate of drug-likeness (QED) is 0.655. The maximum Gasteiger partial charge on any atom is 0.227 e. The molecule has 2 N–H and O–H groups in total. The van der Waals surface area contributed by atoms with Gasteiger partial charge in [0.1, 0.15) is 11.3 Å². The van der Waals surface area contributed by atoms with Crippen LogP contribution in [0.4, 0.5) is 0 Å². The molecule has 1 atom stereocenters. The summed E-state index contributed by atoms with van der Waals surface area (Å²) in [6, 6.07) is 7.73. The molecule has 2 aromatic heterocycles. The predicted octanol–water partition coefficient (Wildman–Crippen LogP) is 1.74. The van der Waals surface area contributed by atoms with E-state index in [4.69, 9.17) is 15.6 Å². The number of rotatable bonds is 7. The summed E-state index contributed by atoms with van der Waals surface area (Å²) in [6.45, 7) is 5.06. The Hall–Kier alpha value is -3.00. The van der Waals surface area contributed by atoms with Gasteiger partial charge in [-0.25, -0.2) is 14.6 Å². The first-order valence-electron chi connectivity index (χ1n) is 10.1. The van der Waals surface area contributed by atoms with E-state index in [0.717, 1.165) is 41.1 Å². The summed E-state index contributed by atoms with van der Waals surface area (Å²) in [4.78, 5) is 23.6. The lowest BCUT2D eigenvalue weighted by atomic mass is 10.0. The third-order valence-corrected chi connectivity index (χ3v) is 5.25. The van der Waals surface area contributed by atoms with Crippen molar-refractivity contribution in [2.24, 2.45) is 5.73 Å². The number of benzene rings is 1. The smallest absolute Gasteiger partial charge is 0.227 e. The second-order valence-electron chi connectivity index (χ2n) is 7.20. The Morgan fingerprint density at radius 2 is 2.03 bits per heavy atom. The van der Waals surface area contributed by atoms with Gasteiger partial charge in [-0.15, -0.1) is 0 Å². The molecule has 1 saturated heterocycles. The summed E-state index contributed by atoms with van der Waals surface area (Å²) in [5.74, 6) is 1.12. The summed E-state index contributed by atoms with van der Waals surface area (Å²) in [5.41, 5.74) is 9.18. The fraction of sp³-hybridized carbons (Fsp3) is 0.429. The molecule has 0 bridgehead atoms. The molecule has 4 rings (SSSR count). The molecule has 29 heavy (non-hydrogen) atoms. The molecule has 0 saturated carbocycles. The van der Waals surface area contributed by atoms with Gasteiger partial charge in [0.2, 0.25) is 5.91 Å². The molecule has 8 nitrogen and oxygen atoms in total. The number of ether oxygens (including phenoxy) is 1. The number of fused-ring (bicyclic) bond motifs is 1. The zero-order valence-corrected chi connectivity index (χ0v) is 16.6. The first-order chi connectivity index (χ1) is 14.2. The largest absolute Gasteiger partial charge is 0.494 e. The minimum Gasteiger partial charge on any atom is -0.494 e. The van der Waals surface area contributed by atoms with Crippen molar-refractivity contribution >= 4 is 17.1 Å². The SMILES string of the molecule is CCOc1ccc(CC(=O)N2CC[C@H](c3nn(CCN)c4nccnc34)C2)cc1. The minimum atomic E-state index is 0.133. The van der Waals surface area contributed by atoms with E-state index < -0.39 is 0 Å². The van der Waals surface area contributed by atoms with E-state index in [1.54, 1.807) is 12.4 Å². The maximum absolute atomic E-state index is 12.8. The molecule has 152 valence electrons. The number of nitrogens with two attached hydrogens (primary N) is 1. The number of carbonyl (C=O) groups is 1. The molecular formula is C21H26N6O2. The second kappa shape index (κ2) is 8.57. The van der Waals surface area contributed by atoms with Crippen LogP contribution >= 0.6 is 0 Å². The van der Waals surface area contributed by atoms with E-state index in [2.05, 4.69) is 9.97 Å². The lowest BCUT2D eigenvalue weighted by Gasteiger charge is -2.16. The number of amides is 1. The highest BCUT2D eigenvalue weighted by Gasteiger charge is 2.31. The molecule has 0 unspecified atom stereocenters. The monoisotopic (exact) mass is 394 g/mol. The molecule has 0 radical (unpaired) electrons. The Kier molecular flexibility index (Phi) is 5.71. The third kappa shape index (κ3) is 4.07. The van der Waals surface area contributed by atoms with E-state index in [1.807, 2.05) is 40.8 Å². The van der Waals surface area contributed by atoms with Crippen LogP contribution in [0.3, 0.4) is 0 Å². The van der Waals surface area contributed by atoms with E-state index in [9.17, 15) is 4.79 Å². The van der Waals surface area contributed by atoms with E-state index >= 15 is 0 Å². The van der Waals surface area contributed by atoms with Crippen LogP contribution < -0.4 is 10.5 Å². The standard InChI is InChI=1S/C21H26N6O2/c1-2-29-17-5-3-15(4-6-17)13-18(28)26-11-7-16(14-26)19-20-21(24-10-9-23-20)27(25-19)12-8-22/h3-6,9-10,16H,2,7-8,11-14,22H2,1H3/t16-/m0/s1. The summed E-state index contributed by atoms with van der Waals surface area (Å²) in [6.07, 6.45) is 4.62. The lowest BCUT2D eigenvalue weighted by molar-refractivity contribution is -0.129. The molecule has 3 aromatic rings. The molecular weight excluding hydrogens is 368 g/mol. The van der Waals surface area contributed by atoms with Crippen molar-refractivity contribution in [2.45, 2.75) is 32.2 Å². The number of hydrogen-bond acceptors (Lipinski definition) is 6. The molecule has 3 heterocycles. The summed E-state index contributed by atoms with van der Waals surface area (Å²) in [5, 5.41) is 4.73. The van der Waals surface area contributed by atoms with Crippen LogP contribution in [0.5, 0.6) is 5.75 Å². The highest BCUT2D eigenvalue weighted by atomic mass is 16.5. The zero-order valence-electron chi connectivity index (χ0n) is 16.6. The van der Waals surface area contributed by atoms with Crippen molar-refractivity contribution < 1.29 is 9.53 Å². The first-order valence-corrected chi connectivity index (χ1v) is 10.1. The van der Waals surface area contributed by atoms with Gasteiger partial charge in [-0.05, 0) is 31.0 Å². The Balaban J connectivity index is 1.45. The number of nitrogens with zero attached hydrogens (tertiary/aromatic N) is 5. The van der Waals surface area contributed by atoms with Gasteiger partial charge >= 0.3 is 0 Å². The molecule has 0 spiro atoms. The number of carbonyl (C=O) groups excluding carboxylic acids is 1. The molecule has 1 aromatic carbocycles. The van der Waals surface area contributed by atoms with Crippen LogP contribution in [-0.2, 0) is 17.8 Å². The van der Waals surface area contributed by atoms with E-state index in [-0.39, 0.29) is 11.8 Å². The van der Waals surface area contributed by atoms with Gasteiger partial charge in [0, 0.05) is 37.9 Å². The van der Waals surface area contributed by atoms with Crippen LogP contribution in [0, 0.1) is 0 Å². The van der Waals surface area contributed by atoms with Gasteiger partial charge in [-0.1, -0.05) is 12.1 Å². The van der Waals surface area contributed by atoms with E-state index in [0.29, 0.717) is 32.7 Å². The molecule has 1 amide bonds. The van der Waals surface area contributed by atoms with Crippen LogP contribution in [0.2, 0.25) is 0 Å². The summed E-state index contributed by atoms with van der Waals surface area (Å²) in [7, 11) is 0. The molecule has 1 fully saturated rings. The van der Waals surface area contributed by atoms with Crippen molar-refractivity contribution in [3.8, 4) is 5.75 Å². The summed E-state index contributed by atoms with van der Waals surface area (Å²) >= 11 is 0. The average Bonchev–Trinajstić information content (AvgIpc) is 3.36. The minimum absolute atomic E-state index is 0.133. The molecule has 1 aliphatic rings. The van der Waals surface area contributed by atoms with Crippen LogP contribution in [0.25, 0.3) is 11.2 Å². The first kappa shape index (κ1) is 19.3. The lowest BCUT2D eigenvalue weighted by Crippen LogP contribution is -2.30. The Morgan fingerprint density at radius 3 is 2.79 bits per heavy atom. The topological polar surface area (TPSA) is 99.2 Å². The van der Waals surface area contributed by atoms with Gasteiger partial charge < -0.3 is 15.4 Å². The number of likely N-dealkylation sites (tertiary alicyclic amines) is 1. The number of aromatic nitrogens is 4. The van der Waals surface area contributed by atoms with Crippen LogP contribution in [-0.4, -0.2) is 56.8 Å². The molecule has 8 heteroatoms. The van der Waals surface area contributed by atoms with Crippen LogP contribution in [0.1, 0.15) is 30.5 Å². The van der Waals surface area contributed by atoms with Crippen molar-refractivity contribution in [1.82, 2.24) is 24.6 Å². The second-order valence-corrected chi connectivity index (χ2v) is 7.20. The maximum atomic E-state index is 12.8. The highest BCUT2D eigenvalue weighted by Crippen LogP contribution is 2.30. The highest BCUT2D eigenvalue weighted by molar-refractivity contribution is 5.79. The Morgan fingerprint density at radius 1 is 1.24 bits per heavy atom. The number of hydrogen-bond donors (Lipinski definition) is 1. The van der Waals surface area contributed by atoms with Gasteiger partial charge in [-0.2, -0.15) is 5.10 Å². The zero-order chi connectivity index (χ0) is 20.2. The third-order valence-electron chi connectivity index (χ3n) is 5.25. The normalized spacial score (nSPS) is 16.5. The van der Waals surface area contributed by atoms with Crippen molar-refractivity contribution in [2.75, 3.05) is 26.2 Å². The Bertz CT molecular complexity index is 985. The van der Waals surface area contributed by atoms with Gasteiger partial charge in [0.25, 0.3) is 0 Å². The van der Waals surface area contributed by atoms with Gasteiger partial charge in [0.15, 0.2) is 5.65 Å². The van der Waals surface area contributed by atoms with Gasteiger partial charge in [-0.3, -0.25) is 4.79 Å². The fourth-order valence-electron chi connectivity index (χ4n) is 3.84. The van der Waals surface area contributed by atoms with E-state index in [1.165, 1.54) is 0 Å². The fourth-order valence-corrected chi connectivity index (χ4v) is 3.84.